The molecule has 0 amide bonds. The zero-order valence-corrected chi connectivity index (χ0v) is 15.4. The zero-order valence-electron chi connectivity index (χ0n) is 15.4. The van der Waals surface area contributed by atoms with Crippen molar-refractivity contribution >= 4 is 17.3 Å². The molecule has 0 heterocycles. The van der Waals surface area contributed by atoms with Crippen LogP contribution in [0.1, 0.15) is 31.4 Å². The molecule has 0 radical (unpaired) electrons. The molecule has 25 heavy (non-hydrogen) atoms. The van der Waals surface area contributed by atoms with Gasteiger partial charge in [-0.3, -0.25) is 0 Å². The molecule has 0 saturated heterocycles. The second-order valence-electron chi connectivity index (χ2n) is 5.20. The van der Waals surface area contributed by atoms with Gasteiger partial charge in [-0.2, -0.15) is 5.48 Å². The second kappa shape index (κ2) is 11.2. The van der Waals surface area contributed by atoms with E-state index in [-0.39, 0.29) is 12.6 Å². The normalized spacial score (nSPS) is 13.3. The fourth-order valence-corrected chi connectivity index (χ4v) is 2.23. The van der Waals surface area contributed by atoms with Crippen molar-refractivity contribution in [3.63, 3.8) is 0 Å². The smallest absolute Gasteiger partial charge is 0.341 e. The molecule has 7 heteroatoms. The van der Waals surface area contributed by atoms with E-state index in [1.165, 1.54) is 20.5 Å². The lowest BCUT2D eigenvalue weighted by molar-refractivity contribution is -0.133. The Morgan fingerprint density at radius 3 is 2.60 bits per heavy atom. The van der Waals surface area contributed by atoms with Gasteiger partial charge < -0.3 is 19.1 Å². The molecule has 0 aliphatic rings. The van der Waals surface area contributed by atoms with E-state index < -0.39 is 5.97 Å². The quantitative estimate of drug-likeness (QED) is 0.230. The molecule has 0 saturated carbocycles. The first-order valence-electron chi connectivity index (χ1n) is 7.93. The summed E-state index contributed by atoms with van der Waals surface area (Å²) in [6.07, 6.45) is 2.17. The summed E-state index contributed by atoms with van der Waals surface area (Å²) in [5.74, 6) is -0.482. The molecular weight excluding hydrogens is 324 g/mol. The molecule has 1 aromatic carbocycles. The third-order valence-electron chi connectivity index (χ3n) is 3.55. The van der Waals surface area contributed by atoms with Crippen LogP contribution in [-0.4, -0.2) is 39.1 Å². The van der Waals surface area contributed by atoms with Crippen molar-refractivity contribution in [3.05, 3.63) is 41.7 Å². The number of esters is 1. The molecule has 138 valence electrons. The number of benzene rings is 1. The highest BCUT2D eigenvalue weighted by Gasteiger charge is 2.17. The van der Waals surface area contributed by atoms with Crippen LogP contribution in [0.2, 0.25) is 0 Å². The summed E-state index contributed by atoms with van der Waals surface area (Å²) in [5.41, 5.74) is 5.40. The minimum absolute atomic E-state index is 0.0285. The Balaban J connectivity index is 2.94. The number of nitrogens with one attached hydrogen (secondary N) is 1. The molecule has 7 nitrogen and oxygen atoms in total. The number of hydrogen-bond acceptors (Lipinski definition) is 7. The van der Waals surface area contributed by atoms with Gasteiger partial charge in [-0.1, -0.05) is 36.3 Å². The van der Waals surface area contributed by atoms with Crippen LogP contribution < -0.4 is 5.48 Å². The summed E-state index contributed by atoms with van der Waals surface area (Å²) < 4.78 is 9.81. The second-order valence-corrected chi connectivity index (χ2v) is 5.20. The lowest BCUT2D eigenvalue weighted by Crippen LogP contribution is -2.34. The third-order valence-corrected chi connectivity index (χ3v) is 3.55. The average Bonchev–Trinajstić information content (AvgIpc) is 2.64. The van der Waals surface area contributed by atoms with Crippen molar-refractivity contribution in [1.82, 2.24) is 5.48 Å². The highest BCUT2D eigenvalue weighted by molar-refractivity contribution is 6.16. The van der Waals surface area contributed by atoms with Crippen molar-refractivity contribution in [1.29, 1.82) is 0 Å². The lowest BCUT2D eigenvalue weighted by atomic mass is 10.0. The number of methoxy groups -OCH3 is 2. The van der Waals surface area contributed by atoms with Gasteiger partial charge in [-0.15, -0.1) is 0 Å². The van der Waals surface area contributed by atoms with Gasteiger partial charge in [0, 0.05) is 5.56 Å². The van der Waals surface area contributed by atoms with Gasteiger partial charge in [-0.25, -0.2) is 4.79 Å². The molecule has 0 spiro atoms. The van der Waals surface area contributed by atoms with Crippen LogP contribution in [0.4, 0.5) is 0 Å². The Bertz CT molecular complexity index is 613. The largest absolute Gasteiger partial charge is 0.503 e. The Labute approximate surface area is 148 Å². The van der Waals surface area contributed by atoms with E-state index in [9.17, 15) is 4.79 Å². The highest BCUT2D eigenvalue weighted by Crippen LogP contribution is 2.21. The number of carbonyl (C=O) groups is 1. The van der Waals surface area contributed by atoms with Gasteiger partial charge in [0.05, 0.1) is 39.3 Å². The third kappa shape index (κ3) is 6.21. The van der Waals surface area contributed by atoms with E-state index in [0.29, 0.717) is 11.1 Å². The number of nitrogens with zero attached hydrogens (tertiary/aromatic N) is 1. The van der Waals surface area contributed by atoms with E-state index in [2.05, 4.69) is 10.6 Å². The molecule has 1 rings (SSSR count). The van der Waals surface area contributed by atoms with Gasteiger partial charge in [0.2, 0.25) is 0 Å². The first kappa shape index (κ1) is 20.7. The Kier molecular flexibility index (Phi) is 9.28. The number of rotatable bonds is 10. The molecule has 1 unspecified atom stereocenters. The number of hydrogen-bond donors (Lipinski definition) is 1. The summed E-state index contributed by atoms with van der Waals surface area (Å²) in [6, 6.07) is 7.33. The summed E-state index contributed by atoms with van der Waals surface area (Å²) in [5, 5.41) is 4.13. The highest BCUT2D eigenvalue weighted by atomic mass is 16.6. The van der Waals surface area contributed by atoms with Crippen molar-refractivity contribution in [2.24, 2.45) is 5.16 Å². The standard InChI is InChI=1S/C18H26N2O5/c1-6-17(20-24-5)13(2)19-25-11-14-9-7-8-10-15(14)16(12-22-3)18(21)23-4/h7-10,12,17,20H,6,11H2,1-5H3/b16-12+,19-13+. The minimum atomic E-state index is -0.482. The summed E-state index contributed by atoms with van der Waals surface area (Å²) in [7, 11) is 4.36. The van der Waals surface area contributed by atoms with Crippen LogP contribution in [0, 0.1) is 0 Å². The molecular formula is C18H26N2O5. The molecule has 1 aromatic rings. The SMILES string of the molecule is CCC(NOC)/C(C)=N/OCc1ccccc1/C(=C\OC)C(=O)OC. The van der Waals surface area contributed by atoms with Crippen LogP contribution in [0.3, 0.4) is 0 Å². The summed E-state index contributed by atoms with van der Waals surface area (Å²) in [6.45, 7) is 4.08. The van der Waals surface area contributed by atoms with Crippen LogP contribution in [0.25, 0.3) is 5.57 Å². The maximum atomic E-state index is 12.0. The van der Waals surface area contributed by atoms with Crippen LogP contribution in [-0.2, 0) is 30.6 Å². The first-order valence-corrected chi connectivity index (χ1v) is 7.93. The Morgan fingerprint density at radius 1 is 1.28 bits per heavy atom. The van der Waals surface area contributed by atoms with Gasteiger partial charge in [0.25, 0.3) is 0 Å². The molecule has 1 atom stereocenters. The van der Waals surface area contributed by atoms with Crippen molar-refractivity contribution < 1.29 is 23.9 Å². The average molecular weight is 350 g/mol. The van der Waals surface area contributed by atoms with E-state index in [0.717, 1.165) is 17.7 Å². The minimum Gasteiger partial charge on any atom is -0.503 e. The predicted molar refractivity (Wildman–Crippen MR) is 95.6 cm³/mol. The first-order chi connectivity index (χ1) is 12.1. The molecule has 0 bridgehead atoms. The van der Waals surface area contributed by atoms with Gasteiger partial charge in [0.15, 0.2) is 0 Å². The number of hydroxylamine groups is 1. The Morgan fingerprint density at radius 2 is 2.00 bits per heavy atom. The van der Waals surface area contributed by atoms with Crippen molar-refractivity contribution in [3.8, 4) is 0 Å². The topological polar surface area (TPSA) is 78.4 Å². The van der Waals surface area contributed by atoms with Crippen LogP contribution in [0.5, 0.6) is 0 Å². The van der Waals surface area contributed by atoms with Crippen LogP contribution >= 0.6 is 0 Å². The van der Waals surface area contributed by atoms with Gasteiger partial charge >= 0.3 is 5.97 Å². The van der Waals surface area contributed by atoms with Crippen LogP contribution in [0.15, 0.2) is 35.7 Å². The van der Waals surface area contributed by atoms with E-state index in [4.69, 9.17) is 19.1 Å². The molecule has 0 aliphatic heterocycles. The Hall–Kier alpha value is -2.38. The van der Waals surface area contributed by atoms with E-state index in [1.807, 2.05) is 32.0 Å². The van der Waals surface area contributed by atoms with E-state index in [1.54, 1.807) is 13.2 Å². The zero-order chi connectivity index (χ0) is 18.7. The maximum absolute atomic E-state index is 12.0. The summed E-state index contributed by atoms with van der Waals surface area (Å²) >= 11 is 0. The predicted octanol–water partition coefficient (Wildman–Crippen LogP) is 2.67. The van der Waals surface area contributed by atoms with Crippen molar-refractivity contribution in [2.75, 3.05) is 21.3 Å². The molecule has 1 N–H and O–H groups in total. The van der Waals surface area contributed by atoms with Crippen molar-refractivity contribution in [2.45, 2.75) is 32.9 Å². The molecule has 0 fully saturated rings. The fourth-order valence-electron chi connectivity index (χ4n) is 2.23. The monoisotopic (exact) mass is 350 g/mol. The maximum Gasteiger partial charge on any atom is 0.341 e. The molecule has 0 aromatic heterocycles. The fraction of sp³-hybridized carbons (Fsp3) is 0.444. The lowest BCUT2D eigenvalue weighted by Gasteiger charge is -2.15. The van der Waals surface area contributed by atoms with E-state index >= 15 is 0 Å². The summed E-state index contributed by atoms with van der Waals surface area (Å²) in [4.78, 5) is 22.4. The number of ether oxygens (including phenoxy) is 2. The molecule has 0 aliphatic carbocycles. The van der Waals surface area contributed by atoms with Gasteiger partial charge in [0.1, 0.15) is 12.2 Å². The number of carbonyl (C=O) groups excluding carboxylic acids is 1. The van der Waals surface area contributed by atoms with Gasteiger partial charge in [-0.05, 0) is 18.9 Å². The number of oxime groups is 1.